The number of aliphatic hydroxyl groups excluding tert-OH is 1. The minimum absolute atomic E-state index is 0.0141. The molecule has 5 rings (SSSR count). The molecule has 2 saturated heterocycles. The van der Waals surface area contributed by atoms with Crippen LogP contribution in [-0.2, 0) is 32.8 Å². The molecule has 2 amide bonds. The number of aliphatic hydroxyl groups is 2. The van der Waals surface area contributed by atoms with Crippen LogP contribution in [0.4, 0.5) is 21.8 Å². The molecule has 3 aromatic heterocycles. The average Bonchev–Trinajstić information content (AvgIpc) is 3.92. The van der Waals surface area contributed by atoms with Crippen molar-refractivity contribution < 1.29 is 48.7 Å². The van der Waals surface area contributed by atoms with Gasteiger partial charge in [-0.1, -0.05) is 6.58 Å². The van der Waals surface area contributed by atoms with Gasteiger partial charge in [0.05, 0.1) is 51.9 Å². The highest BCUT2D eigenvalue weighted by molar-refractivity contribution is 5.88. The van der Waals surface area contributed by atoms with E-state index in [0.717, 1.165) is 18.9 Å². The number of carbonyl (C=O) groups excluding carboxylic acids is 2. The number of carboxylic acid groups (broad SMARTS) is 2. The number of aliphatic carboxylic acids is 2. The first-order chi connectivity index (χ1) is 29.7. The first kappa shape index (κ1) is 47.5. The molecule has 62 heavy (non-hydrogen) atoms. The second kappa shape index (κ2) is 23.1. The van der Waals surface area contributed by atoms with E-state index in [0.29, 0.717) is 100 Å². The van der Waals surface area contributed by atoms with Crippen LogP contribution in [-0.4, -0.2) is 217 Å². The molecule has 2 fully saturated rings. The standard InChI is InChI=1S/C38H59FN14O9/c1-4-29(54)42-27-19-52(18-26(27)39)38-44-35(34-36(45-38)47(2)25-41-34)43-28-20-53(46-37(28)62-3)9-7-5-6-8-40-30(55)21-48-10-12-49(22-31(56)57)14-16-51(24-33(60)61)17-15-50(13-11-48)23-32(58)59/h4,20,25-27,31,56-57H,1,5-19,21-24H2,2-3H3,(H,40,55)(H,42,54)(H,58,59)(H,60,61)(H,43,44,45)/t26-,27-/m1/s1. The van der Waals surface area contributed by atoms with Crippen LogP contribution >= 0.6 is 0 Å². The molecule has 24 heteroatoms. The molecule has 0 bridgehead atoms. The van der Waals surface area contributed by atoms with Crippen LogP contribution in [0.3, 0.4) is 0 Å². The number of alkyl halides is 1. The number of methoxy groups -OCH3 is 1. The number of rotatable bonds is 20. The number of hydrogen-bond acceptors (Lipinski definition) is 17. The lowest BCUT2D eigenvalue weighted by Gasteiger charge is -2.33. The highest BCUT2D eigenvalue weighted by Crippen LogP contribution is 2.31. The van der Waals surface area contributed by atoms with E-state index in [2.05, 4.69) is 42.6 Å². The second-order valence-corrected chi connectivity index (χ2v) is 15.4. The fourth-order valence-corrected chi connectivity index (χ4v) is 7.32. The zero-order valence-electron chi connectivity index (χ0n) is 35.2. The number of carboxylic acids is 2. The topological polar surface area (TPSA) is 272 Å². The Morgan fingerprint density at radius 1 is 0.919 bits per heavy atom. The summed E-state index contributed by atoms with van der Waals surface area (Å²) in [4.78, 5) is 70.6. The van der Waals surface area contributed by atoms with Crippen LogP contribution in [0.2, 0.25) is 0 Å². The number of unbranched alkanes of at least 4 members (excludes halogenated alkanes) is 2. The zero-order chi connectivity index (χ0) is 44.8. The predicted molar refractivity (Wildman–Crippen MR) is 224 cm³/mol. The summed E-state index contributed by atoms with van der Waals surface area (Å²) in [5.74, 6) is -1.73. The first-order valence-electron chi connectivity index (χ1n) is 20.6. The van der Waals surface area contributed by atoms with Crippen molar-refractivity contribution in [3.63, 3.8) is 0 Å². The Morgan fingerprint density at radius 3 is 2.15 bits per heavy atom. The van der Waals surface area contributed by atoms with E-state index in [1.807, 2.05) is 9.80 Å². The highest BCUT2D eigenvalue weighted by atomic mass is 19.1. The van der Waals surface area contributed by atoms with Gasteiger partial charge in [-0.2, -0.15) is 9.97 Å². The van der Waals surface area contributed by atoms with Gasteiger partial charge < -0.3 is 50.6 Å². The maximum atomic E-state index is 14.9. The number of hydrogen-bond donors (Lipinski definition) is 7. The molecular formula is C38H59FN14O9. The number of amides is 2. The van der Waals surface area contributed by atoms with Crippen LogP contribution in [0.5, 0.6) is 5.88 Å². The van der Waals surface area contributed by atoms with E-state index in [-0.39, 0.29) is 51.1 Å². The Kier molecular flexibility index (Phi) is 17.7. The van der Waals surface area contributed by atoms with Gasteiger partial charge in [0.15, 0.2) is 23.3 Å². The molecule has 2 aliphatic heterocycles. The lowest BCUT2D eigenvalue weighted by atomic mass is 10.2. The van der Waals surface area contributed by atoms with Crippen molar-refractivity contribution in [1.29, 1.82) is 0 Å². The number of fused-ring (bicyclic) bond motifs is 1. The summed E-state index contributed by atoms with van der Waals surface area (Å²) >= 11 is 0. The summed E-state index contributed by atoms with van der Waals surface area (Å²) < 4.78 is 23.9. The molecule has 5 heterocycles. The van der Waals surface area contributed by atoms with Gasteiger partial charge in [-0.3, -0.25) is 43.5 Å². The van der Waals surface area contributed by atoms with Crippen molar-refractivity contribution in [3.05, 3.63) is 25.2 Å². The van der Waals surface area contributed by atoms with Gasteiger partial charge in [0.1, 0.15) is 11.9 Å². The van der Waals surface area contributed by atoms with Crippen molar-refractivity contribution in [3.8, 4) is 5.88 Å². The van der Waals surface area contributed by atoms with Gasteiger partial charge in [-0.05, 0) is 25.3 Å². The maximum absolute atomic E-state index is 14.9. The number of imidazole rings is 1. The van der Waals surface area contributed by atoms with Gasteiger partial charge in [0.25, 0.3) is 5.88 Å². The smallest absolute Gasteiger partial charge is 0.317 e. The lowest BCUT2D eigenvalue weighted by molar-refractivity contribution is -0.140. The number of halogens is 1. The zero-order valence-corrected chi connectivity index (χ0v) is 35.2. The Labute approximate surface area is 358 Å². The molecule has 0 aromatic carbocycles. The normalized spacial score (nSPS) is 19.0. The Morgan fingerprint density at radius 2 is 1.55 bits per heavy atom. The summed E-state index contributed by atoms with van der Waals surface area (Å²) in [6, 6.07) is -0.749. The molecule has 7 N–H and O–H groups in total. The fraction of sp³-hybridized carbons (Fsp3) is 0.632. The third-order valence-electron chi connectivity index (χ3n) is 10.6. The van der Waals surface area contributed by atoms with Gasteiger partial charge in [0.2, 0.25) is 17.8 Å². The van der Waals surface area contributed by atoms with Crippen molar-refractivity contribution >= 4 is 52.4 Å². The summed E-state index contributed by atoms with van der Waals surface area (Å²) in [5, 5.41) is 51.6. The number of aromatic nitrogens is 6. The van der Waals surface area contributed by atoms with Crippen LogP contribution in [0, 0.1) is 0 Å². The number of carbonyl (C=O) groups is 4. The van der Waals surface area contributed by atoms with Gasteiger partial charge in [0, 0.05) is 85.6 Å². The van der Waals surface area contributed by atoms with E-state index in [9.17, 15) is 44.0 Å². The minimum Gasteiger partial charge on any atom is -0.480 e. The summed E-state index contributed by atoms with van der Waals surface area (Å²) in [6.45, 7) is 6.93. The molecule has 2 aliphatic rings. The number of ether oxygens (including phenoxy) is 1. The molecule has 0 spiro atoms. The van der Waals surface area contributed by atoms with Crippen molar-refractivity contribution in [2.24, 2.45) is 7.05 Å². The van der Waals surface area contributed by atoms with Gasteiger partial charge in [-0.25, -0.2) is 9.37 Å². The largest absolute Gasteiger partial charge is 0.480 e. The summed E-state index contributed by atoms with van der Waals surface area (Å²) in [5.41, 5.74) is 1.53. The quantitative estimate of drug-likeness (QED) is 0.0372. The molecule has 2 atom stereocenters. The highest BCUT2D eigenvalue weighted by Gasteiger charge is 2.35. The number of nitrogens with zero attached hydrogens (tertiary/aromatic N) is 11. The lowest BCUT2D eigenvalue weighted by Crippen LogP contribution is -2.50. The Hall–Kier alpha value is -5.53. The molecule has 0 aliphatic carbocycles. The molecule has 23 nitrogen and oxygen atoms in total. The monoisotopic (exact) mass is 874 g/mol. The third kappa shape index (κ3) is 14.3. The first-order valence-corrected chi connectivity index (χ1v) is 20.6. The van der Waals surface area contributed by atoms with E-state index in [1.54, 1.807) is 43.5 Å². The number of aryl methyl sites for hydroxylation is 2. The van der Waals surface area contributed by atoms with E-state index < -0.39 is 36.3 Å². The number of β-amino-alcohol motifs (C(OH)–C–C–N with tert-alkyl or cyclic N) is 2. The van der Waals surface area contributed by atoms with Crippen molar-refractivity contribution in [1.82, 2.24) is 59.5 Å². The molecule has 0 saturated carbocycles. The predicted octanol–water partition coefficient (Wildman–Crippen LogP) is -1.87. The fourth-order valence-electron chi connectivity index (χ4n) is 7.32. The van der Waals surface area contributed by atoms with Crippen LogP contribution in [0.15, 0.2) is 25.2 Å². The van der Waals surface area contributed by atoms with Crippen LogP contribution in [0.25, 0.3) is 11.2 Å². The molecular weight excluding hydrogens is 816 g/mol. The maximum Gasteiger partial charge on any atom is 0.317 e. The van der Waals surface area contributed by atoms with Crippen LogP contribution in [0.1, 0.15) is 19.3 Å². The minimum atomic E-state index is -1.59. The second-order valence-electron chi connectivity index (χ2n) is 15.4. The van der Waals surface area contributed by atoms with Gasteiger partial charge >= 0.3 is 11.9 Å². The Bertz CT molecular complexity index is 1980. The van der Waals surface area contributed by atoms with Crippen molar-refractivity contribution in [2.45, 2.75) is 44.3 Å². The van der Waals surface area contributed by atoms with E-state index >= 15 is 0 Å². The summed E-state index contributed by atoms with van der Waals surface area (Å²) in [7, 11) is 3.29. The van der Waals surface area contributed by atoms with E-state index in [1.165, 1.54) is 7.11 Å². The summed E-state index contributed by atoms with van der Waals surface area (Å²) in [6.07, 6.45) is 3.79. The van der Waals surface area contributed by atoms with Crippen LogP contribution < -0.4 is 25.6 Å². The average molecular weight is 875 g/mol. The Balaban J connectivity index is 1.12. The van der Waals surface area contributed by atoms with Crippen molar-refractivity contribution in [2.75, 3.05) is 115 Å². The number of anilines is 3. The third-order valence-corrected chi connectivity index (χ3v) is 10.6. The van der Waals surface area contributed by atoms with E-state index in [4.69, 9.17) is 4.74 Å². The molecule has 0 radical (unpaired) electrons. The SMILES string of the molecule is C=CC(=O)N[C@@H]1CN(c2nc(Nc3cn(CCCCCNC(=O)CN4CCN(CC(=O)O)CCN(CC(=O)O)CCN(CC(O)O)CC4)nc3OC)c3ncn(C)c3n2)C[C@H]1F. The van der Waals surface area contributed by atoms with Gasteiger partial charge in [-0.15, -0.1) is 5.10 Å². The molecule has 342 valence electrons. The molecule has 3 aromatic rings. The molecule has 0 unspecified atom stereocenters. The number of nitrogens with one attached hydrogen (secondary N) is 3.